The molecule has 0 aliphatic heterocycles. The van der Waals surface area contributed by atoms with E-state index in [0.29, 0.717) is 0 Å². The first-order valence-corrected chi connectivity index (χ1v) is 14.3. The Morgan fingerprint density at radius 1 is 0.639 bits per heavy atom. The molecule has 2 nitrogen and oxygen atoms in total. The summed E-state index contributed by atoms with van der Waals surface area (Å²) >= 11 is 3.71. The summed E-state index contributed by atoms with van der Waals surface area (Å²) in [5.41, 5.74) is 6.60. The van der Waals surface area contributed by atoms with Crippen LogP contribution in [-0.2, 0) is 12.8 Å². The van der Waals surface area contributed by atoms with Crippen molar-refractivity contribution >= 4 is 63.1 Å². The number of benzene rings is 3. The lowest BCUT2D eigenvalue weighted by Crippen LogP contribution is -2.08. The Labute approximate surface area is 221 Å². The average Bonchev–Trinajstić information content (AvgIpc) is 3.32. The Bertz CT molecular complexity index is 1760. The van der Waals surface area contributed by atoms with Crippen LogP contribution in [0.5, 0.6) is 0 Å². The molecule has 3 heterocycles. The molecule has 36 heavy (non-hydrogen) atoms. The van der Waals surface area contributed by atoms with Crippen molar-refractivity contribution in [2.45, 2.75) is 54.4 Å². The quantitative estimate of drug-likeness (QED) is 0.238. The molecule has 182 valence electrons. The van der Waals surface area contributed by atoms with Crippen LogP contribution in [-0.4, -0.2) is 9.97 Å². The second-order valence-corrected chi connectivity index (χ2v) is 14.5. The lowest BCUT2D eigenvalue weighted by atomic mass is 9.87. The monoisotopic (exact) mass is 508 g/mol. The number of fused-ring (bicyclic) bond motifs is 6. The predicted octanol–water partition coefficient (Wildman–Crippen LogP) is 10.1. The van der Waals surface area contributed by atoms with E-state index in [1.807, 2.05) is 22.7 Å². The van der Waals surface area contributed by atoms with Crippen molar-refractivity contribution in [3.63, 3.8) is 0 Å². The maximum atomic E-state index is 4.79. The largest absolute Gasteiger partial charge is 0.235 e. The van der Waals surface area contributed by atoms with Crippen LogP contribution < -0.4 is 0 Å². The molecule has 0 amide bonds. The Morgan fingerprint density at radius 2 is 1.33 bits per heavy atom. The minimum Gasteiger partial charge on any atom is -0.235 e. The molecule has 0 N–H and O–H groups in total. The third-order valence-electron chi connectivity index (χ3n) is 6.58. The van der Waals surface area contributed by atoms with Gasteiger partial charge in [0.25, 0.3) is 0 Å². The minimum atomic E-state index is 0.266. The summed E-state index contributed by atoms with van der Waals surface area (Å²) in [5.74, 6) is 0. The van der Waals surface area contributed by atoms with E-state index in [1.54, 1.807) is 6.33 Å². The van der Waals surface area contributed by atoms with Gasteiger partial charge in [-0.25, -0.2) is 9.97 Å². The lowest BCUT2D eigenvalue weighted by Gasteiger charge is -2.18. The van der Waals surface area contributed by atoms with Gasteiger partial charge in [-0.15, -0.1) is 22.7 Å². The van der Waals surface area contributed by atoms with Crippen LogP contribution in [0.3, 0.4) is 0 Å². The first kappa shape index (κ1) is 23.6. The summed E-state index contributed by atoms with van der Waals surface area (Å²) in [4.78, 5) is 9.55. The third-order valence-corrected chi connectivity index (χ3v) is 9.10. The SMILES string of the molecule is CC(C)(C)Cc1ccc2ccc(-c3ncnc4c3sc3c5cc(CC(C)(C)C)ccc5sc43)cc2c1. The summed E-state index contributed by atoms with van der Waals surface area (Å²) in [5, 5.41) is 3.90. The van der Waals surface area contributed by atoms with Crippen LogP contribution in [0.25, 0.3) is 51.7 Å². The van der Waals surface area contributed by atoms with Crippen LogP contribution in [0.15, 0.2) is 60.9 Å². The lowest BCUT2D eigenvalue weighted by molar-refractivity contribution is 0.411. The molecule has 6 rings (SSSR count). The molecule has 0 aliphatic carbocycles. The number of thiophene rings is 2. The van der Waals surface area contributed by atoms with Crippen molar-refractivity contribution in [1.29, 1.82) is 0 Å². The third kappa shape index (κ3) is 4.42. The fourth-order valence-corrected chi connectivity index (χ4v) is 7.86. The predicted molar refractivity (Wildman–Crippen MR) is 160 cm³/mol. The molecule has 0 saturated carbocycles. The number of rotatable bonds is 3. The van der Waals surface area contributed by atoms with E-state index in [-0.39, 0.29) is 10.8 Å². The Balaban J connectivity index is 1.49. The van der Waals surface area contributed by atoms with Crippen molar-refractivity contribution in [3.8, 4) is 11.3 Å². The van der Waals surface area contributed by atoms with Crippen LogP contribution >= 0.6 is 22.7 Å². The van der Waals surface area contributed by atoms with E-state index in [9.17, 15) is 0 Å². The number of hydrogen-bond donors (Lipinski definition) is 0. The summed E-state index contributed by atoms with van der Waals surface area (Å²) in [6.45, 7) is 13.8. The Kier molecular flexibility index (Phi) is 5.47. The van der Waals surface area contributed by atoms with Crippen LogP contribution in [0, 0.1) is 10.8 Å². The zero-order valence-electron chi connectivity index (χ0n) is 21.9. The van der Waals surface area contributed by atoms with Gasteiger partial charge in [-0.3, -0.25) is 0 Å². The van der Waals surface area contributed by atoms with Gasteiger partial charge in [-0.2, -0.15) is 0 Å². The molecule has 0 aliphatic rings. The summed E-state index contributed by atoms with van der Waals surface area (Å²) in [7, 11) is 0. The first-order valence-electron chi connectivity index (χ1n) is 12.7. The summed E-state index contributed by atoms with van der Waals surface area (Å²) < 4.78 is 5.16. The van der Waals surface area contributed by atoms with Gasteiger partial charge in [0, 0.05) is 15.6 Å². The minimum absolute atomic E-state index is 0.266. The molecule has 0 radical (unpaired) electrons. The van der Waals surface area contributed by atoms with E-state index >= 15 is 0 Å². The summed E-state index contributed by atoms with van der Waals surface area (Å²) in [6.07, 6.45) is 3.88. The molecule has 0 spiro atoms. The highest BCUT2D eigenvalue weighted by Crippen LogP contribution is 2.46. The molecule has 0 bridgehead atoms. The zero-order valence-corrected chi connectivity index (χ0v) is 23.5. The molecule has 0 atom stereocenters. The highest BCUT2D eigenvalue weighted by Gasteiger charge is 2.19. The van der Waals surface area contributed by atoms with E-state index in [1.165, 1.54) is 46.1 Å². The van der Waals surface area contributed by atoms with Gasteiger partial charge in [0.05, 0.1) is 19.8 Å². The van der Waals surface area contributed by atoms with Gasteiger partial charge in [-0.05, 0) is 63.8 Å². The molecule has 0 saturated heterocycles. The van der Waals surface area contributed by atoms with Crippen molar-refractivity contribution in [2.75, 3.05) is 0 Å². The van der Waals surface area contributed by atoms with E-state index in [4.69, 9.17) is 9.97 Å². The highest BCUT2D eigenvalue weighted by atomic mass is 32.1. The molecule has 3 aromatic carbocycles. The van der Waals surface area contributed by atoms with Gasteiger partial charge in [0.1, 0.15) is 11.8 Å². The number of hydrogen-bond acceptors (Lipinski definition) is 4. The van der Waals surface area contributed by atoms with Crippen LogP contribution in [0.4, 0.5) is 0 Å². The molecular weight excluding hydrogens is 477 g/mol. The molecule has 0 fully saturated rings. The Hall–Kier alpha value is -2.82. The second kappa shape index (κ2) is 8.36. The number of nitrogens with zero attached hydrogens (tertiary/aromatic N) is 2. The van der Waals surface area contributed by atoms with Gasteiger partial charge >= 0.3 is 0 Å². The fraction of sp³-hybridized carbons (Fsp3) is 0.312. The van der Waals surface area contributed by atoms with Gasteiger partial charge in [-0.1, -0.05) is 77.9 Å². The van der Waals surface area contributed by atoms with E-state index < -0.39 is 0 Å². The molecule has 0 unspecified atom stereocenters. The Morgan fingerprint density at radius 3 is 2.08 bits per heavy atom. The van der Waals surface area contributed by atoms with Gasteiger partial charge < -0.3 is 0 Å². The van der Waals surface area contributed by atoms with Gasteiger partial charge in [0.2, 0.25) is 0 Å². The first-order chi connectivity index (χ1) is 17.0. The molecule has 3 aromatic heterocycles. The van der Waals surface area contributed by atoms with Crippen molar-refractivity contribution in [3.05, 3.63) is 72.1 Å². The van der Waals surface area contributed by atoms with Crippen molar-refractivity contribution in [2.24, 2.45) is 10.8 Å². The van der Waals surface area contributed by atoms with Crippen molar-refractivity contribution in [1.82, 2.24) is 9.97 Å². The van der Waals surface area contributed by atoms with E-state index in [2.05, 4.69) is 96.1 Å². The van der Waals surface area contributed by atoms with Crippen LogP contribution in [0.2, 0.25) is 0 Å². The molecule has 6 aromatic rings. The maximum absolute atomic E-state index is 4.79. The molecular formula is C32H32N2S2. The average molecular weight is 509 g/mol. The standard InChI is InChI=1S/C32H32N2S2/c1-31(2,3)16-19-7-9-21-10-11-22(15-23(21)13-19)26-29-27(34-18-33-26)30-28(36-29)24-14-20(17-32(4,5)6)8-12-25(24)35-30/h7-15,18H,16-17H2,1-6H3. The summed E-state index contributed by atoms with van der Waals surface area (Å²) in [6, 6.07) is 20.6. The van der Waals surface area contributed by atoms with Crippen LogP contribution in [0.1, 0.15) is 52.7 Å². The van der Waals surface area contributed by atoms with Gasteiger partial charge in [0.15, 0.2) is 0 Å². The normalized spacial score (nSPS) is 12.9. The maximum Gasteiger partial charge on any atom is 0.116 e. The number of aromatic nitrogens is 2. The fourth-order valence-electron chi connectivity index (χ4n) is 5.21. The highest BCUT2D eigenvalue weighted by molar-refractivity contribution is 7.36. The smallest absolute Gasteiger partial charge is 0.116 e. The molecule has 4 heteroatoms. The topological polar surface area (TPSA) is 25.8 Å². The second-order valence-electron chi connectivity index (χ2n) is 12.5. The zero-order chi connectivity index (χ0) is 25.2. The van der Waals surface area contributed by atoms with E-state index in [0.717, 1.165) is 29.6 Å². The van der Waals surface area contributed by atoms with Crippen molar-refractivity contribution < 1.29 is 0 Å².